The van der Waals surface area contributed by atoms with E-state index in [0.717, 1.165) is 5.56 Å². The molecule has 0 unspecified atom stereocenters. The molecule has 0 aromatic heterocycles. The van der Waals surface area contributed by atoms with Crippen LogP contribution in [0.1, 0.15) is 25.3 Å². The predicted molar refractivity (Wildman–Crippen MR) is 88.3 cm³/mol. The van der Waals surface area contributed by atoms with Gasteiger partial charge in [-0.2, -0.15) is 0 Å². The van der Waals surface area contributed by atoms with Crippen molar-refractivity contribution in [2.75, 3.05) is 0 Å². The second kappa shape index (κ2) is 9.40. The van der Waals surface area contributed by atoms with Crippen LogP contribution in [0.2, 0.25) is 0 Å². The molecular formula is C17H23N3O3. The Labute approximate surface area is 136 Å². The zero-order valence-electron chi connectivity index (χ0n) is 13.2. The molecule has 0 radical (unpaired) electrons. The minimum atomic E-state index is -0.785. The minimum Gasteiger partial charge on any atom is -0.368 e. The molecule has 0 bridgehead atoms. The van der Waals surface area contributed by atoms with Crippen molar-refractivity contribution in [3.05, 3.63) is 48.6 Å². The van der Waals surface area contributed by atoms with E-state index in [1.165, 1.54) is 6.92 Å². The Morgan fingerprint density at radius 2 is 1.83 bits per heavy atom. The van der Waals surface area contributed by atoms with E-state index in [4.69, 9.17) is 5.73 Å². The summed E-state index contributed by atoms with van der Waals surface area (Å²) in [6.07, 6.45) is 2.91. The van der Waals surface area contributed by atoms with Gasteiger partial charge in [0, 0.05) is 13.3 Å². The maximum Gasteiger partial charge on any atom is 0.243 e. The van der Waals surface area contributed by atoms with Crippen LogP contribution in [-0.2, 0) is 20.8 Å². The highest BCUT2D eigenvalue weighted by atomic mass is 16.2. The average molecular weight is 317 g/mol. The number of primary amides is 1. The number of carbonyl (C=O) groups is 3. The second-order valence-electron chi connectivity index (χ2n) is 5.27. The summed E-state index contributed by atoms with van der Waals surface area (Å²) in [6.45, 7) is 4.92. The molecule has 1 aromatic carbocycles. The molecule has 4 N–H and O–H groups in total. The molecule has 6 heteroatoms. The summed E-state index contributed by atoms with van der Waals surface area (Å²) in [6, 6.07) is 7.77. The van der Waals surface area contributed by atoms with Gasteiger partial charge in [-0.05, 0) is 18.4 Å². The minimum absolute atomic E-state index is 0.317. The Bertz CT molecular complexity index is 557. The van der Waals surface area contributed by atoms with Crippen molar-refractivity contribution < 1.29 is 14.4 Å². The van der Waals surface area contributed by atoms with Gasteiger partial charge < -0.3 is 16.4 Å². The van der Waals surface area contributed by atoms with Crippen LogP contribution < -0.4 is 16.4 Å². The van der Waals surface area contributed by atoms with Gasteiger partial charge in [0.25, 0.3) is 0 Å². The molecule has 0 aliphatic heterocycles. The smallest absolute Gasteiger partial charge is 0.243 e. The summed E-state index contributed by atoms with van der Waals surface area (Å²) in [7, 11) is 0. The summed E-state index contributed by atoms with van der Waals surface area (Å²) in [5.41, 5.74) is 6.21. The Morgan fingerprint density at radius 1 is 1.17 bits per heavy atom. The van der Waals surface area contributed by atoms with Gasteiger partial charge in [-0.3, -0.25) is 14.4 Å². The first-order chi connectivity index (χ1) is 10.9. The molecule has 0 aliphatic carbocycles. The molecule has 124 valence electrons. The lowest BCUT2D eigenvalue weighted by Crippen LogP contribution is -2.53. The van der Waals surface area contributed by atoms with Crippen LogP contribution in [0, 0.1) is 0 Å². The highest BCUT2D eigenvalue weighted by Gasteiger charge is 2.24. The van der Waals surface area contributed by atoms with Crippen LogP contribution in [0.15, 0.2) is 43.0 Å². The number of nitrogens with two attached hydrogens (primary N) is 1. The lowest BCUT2D eigenvalue weighted by atomic mass is 10.0. The van der Waals surface area contributed by atoms with Crippen molar-refractivity contribution >= 4 is 17.7 Å². The Hall–Kier alpha value is -2.63. The zero-order chi connectivity index (χ0) is 17.2. The molecule has 23 heavy (non-hydrogen) atoms. The fourth-order valence-electron chi connectivity index (χ4n) is 2.15. The number of carbonyl (C=O) groups excluding carboxylic acids is 3. The number of nitrogens with one attached hydrogen (secondary N) is 2. The molecule has 1 aromatic rings. The van der Waals surface area contributed by atoms with E-state index in [0.29, 0.717) is 19.3 Å². The van der Waals surface area contributed by atoms with E-state index in [9.17, 15) is 14.4 Å². The third-order valence-electron chi connectivity index (χ3n) is 3.30. The first kappa shape index (κ1) is 18.4. The molecule has 2 atom stereocenters. The molecule has 1 rings (SSSR count). The van der Waals surface area contributed by atoms with Crippen molar-refractivity contribution in [3.63, 3.8) is 0 Å². The van der Waals surface area contributed by atoms with E-state index < -0.39 is 23.9 Å². The monoisotopic (exact) mass is 317 g/mol. The number of amides is 3. The number of allylic oxidation sites excluding steroid dienone is 1. The maximum absolute atomic E-state index is 12.4. The van der Waals surface area contributed by atoms with Gasteiger partial charge in [0.1, 0.15) is 12.1 Å². The molecule has 0 saturated carbocycles. The maximum atomic E-state index is 12.4. The molecule has 0 saturated heterocycles. The van der Waals surface area contributed by atoms with Gasteiger partial charge >= 0.3 is 0 Å². The summed E-state index contributed by atoms with van der Waals surface area (Å²) in [5.74, 6) is -1.36. The average Bonchev–Trinajstić information content (AvgIpc) is 2.50. The largest absolute Gasteiger partial charge is 0.368 e. The van der Waals surface area contributed by atoms with E-state index in [2.05, 4.69) is 17.2 Å². The summed E-state index contributed by atoms with van der Waals surface area (Å²) >= 11 is 0. The third kappa shape index (κ3) is 6.78. The topological polar surface area (TPSA) is 101 Å². The van der Waals surface area contributed by atoms with Crippen molar-refractivity contribution in [3.8, 4) is 0 Å². The summed E-state index contributed by atoms with van der Waals surface area (Å²) < 4.78 is 0. The molecule has 0 spiro atoms. The third-order valence-corrected chi connectivity index (χ3v) is 3.30. The van der Waals surface area contributed by atoms with Gasteiger partial charge in [-0.1, -0.05) is 36.4 Å². The Kier molecular flexibility index (Phi) is 7.53. The zero-order valence-corrected chi connectivity index (χ0v) is 13.2. The van der Waals surface area contributed by atoms with Crippen LogP contribution >= 0.6 is 0 Å². The van der Waals surface area contributed by atoms with Crippen molar-refractivity contribution in [2.45, 2.75) is 38.3 Å². The number of hydrogen-bond acceptors (Lipinski definition) is 3. The van der Waals surface area contributed by atoms with Crippen molar-refractivity contribution in [1.82, 2.24) is 10.6 Å². The van der Waals surface area contributed by atoms with Gasteiger partial charge in [-0.15, -0.1) is 6.58 Å². The first-order valence-electron chi connectivity index (χ1n) is 7.45. The van der Waals surface area contributed by atoms with Crippen LogP contribution in [-0.4, -0.2) is 29.8 Å². The van der Waals surface area contributed by atoms with Crippen molar-refractivity contribution in [1.29, 1.82) is 0 Å². The predicted octanol–water partition coefficient (Wildman–Crippen LogP) is 0.670. The number of hydrogen-bond donors (Lipinski definition) is 3. The quantitative estimate of drug-likeness (QED) is 0.583. The Morgan fingerprint density at radius 3 is 2.35 bits per heavy atom. The van der Waals surface area contributed by atoms with Gasteiger partial charge in [0.15, 0.2) is 0 Å². The summed E-state index contributed by atoms with van der Waals surface area (Å²) in [5, 5.41) is 5.21. The lowest BCUT2D eigenvalue weighted by molar-refractivity contribution is -0.130. The Balaban J connectivity index is 2.79. The number of rotatable bonds is 9. The summed E-state index contributed by atoms with van der Waals surface area (Å²) in [4.78, 5) is 35.2. The van der Waals surface area contributed by atoms with Gasteiger partial charge in [0.05, 0.1) is 0 Å². The molecule has 0 aliphatic rings. The van der Waals surface area contributed by atoms with Crippen LogP contribution in [0.3, 0.4) is 0 Å². The lowest BCUT2D eigenvalue weighted by Gasteiger charge is -2.21. The SMILES string of the molecule is C=CCC[C@H](NC(=O)[C@@H](Cc1ccccc1)NC(C)=O)C(N)=O. The normalized spacial score (nSPS) is 12.7. The molecule has 0 fully saturated rings. The van der Waals surface area contributed by atoms with Crippen LogP contribution in [0.25, 0.3) is 0 Å². The van der Waals surface area contributed by atoms with Crippen molar-refractivity contribution in [2.24, 2.45) is 5.73 Å². The van der Waals surface area contributed by atoms with Crippen LogP contribution in [0.5, 0.6) is 0 Å². The molecular weight excluding hydrogens is 294 g/mol. The second-order valence-corrected chi connectivity index (χ2v) is 5.27. The highest BCUT2D eigenvalue weighted by molar-refractivity contribution is 5.91. The molecule has 0 heterocycles. The van der Waals surface area contributed by atoms with Gasteiger partial charge in [-0.25, -0.2) is 0 Å². The van der Waals surface area contributed by atoms with E-state index in [-0.39, 0.29) is 5.91 Å². The number of benzene rings is 1. The van der Waals surface area contributed by atoms with E-state index in [1.807, 2.05) is 30.3 Å². The first-order valence-corrected chi connectivity index (χ1v) is 7.45. The van der Waals surface area contributed by atoms with E-state index in [1.54, 1.807) is 6.08 Å². The highest BCUT2D eigenvalue weighted by Crippen LogP contribution is 2.05. The van der Waals surface area contributed by atoms with Gasteiger partial charge in [0.2, 0.25) is 17.7 Å². The van der Waals surface area contributed by atoms with E-state index >= 15 is 0 Å². The molecule has 6 nitrogen and oxygen atoms in total. The standard InChI is InChI=1S/C17H23N3O3/c1-3-4-10-14(16(18)22)20-17(23)15(19-12(2)21)11-13-8-6-5-7-9-13/h3,5-9,14-15H,1,4,10-11H2,2H3,(H2,18,22)(H,19,21)(H,20,23)/t14-,15+/m0/s1. The fourth-order valence-corrected chi connectivity index (χ4v) is 2.15. The van der Waals surface area contributed by atoms with Crippen LogP contribution in [0.4, 0.5) is 0 Å². The molecule has 3 amide bonds. The fraction of sp³-hybridized carbons (Fsp3) is 0.353.